The summed E-state index contributed by atoms with van der Waals surface area (Å²) in [5, 5.41) is 6.26. The molecule has 0 saturated carbocycles. The van der Waals surface area contributed by atoms with Crippen molar-refractivity contribution in [2.75, 3.05) is 10.6 Å². The molecule has 0 unspecified atom stereocenters. The van der Waals surface area contributed by atoms with Crippen LogP contribution in [0.5, 0.6) is 0 Å². The zero-order valence-electron chi connectivity index (χ0n) is 15.3. The first kappa shape index (κ1) is 19.5. The second-order valence-electron chi connectivity index (χ2n) is 6.20. The summed E-state index contributed by atoms with van der Waals surface area (Å²) in [6.45, 7) is 3.84. The van der Waals surface area contributed by atoms with Gasteiger partial charge in [0.15, 0.2) is 5.82 Å². The quantitative estimate of drug-likeness (QED) is 0.623. The Morgan fingerprint density at radius 2 is 1.79 bits per heavy atom. The zero-order chi connectivity index (χ0) is 20.1. The zero-order valence-corrected chi connectivity index (χ0v) is 15.3. The third kappa shape index (κ3) is 4.54. The fourth-order valence-electron chi connectivity index (χ4n) is 2.68. The highest BCUT2D eigenvalue weighted by Crippen LogP contribution is 2.30. The Bertz CT molecular complexity index is 936. The number of halogens is 3. The van der Waals surface area contributed by atoms with Crippen LogP contribution in [0, 0.1) is 12.7 Å². The summed E-state index contributed by atoms with van der Waals surface area (Å²) in [6, 6.07) is 3.38. The molecule has 146 valence electrons. The molecule has 28 heavy (non-hydrogen) atoms. The molecule has 2 N–H and O–H groups in total. The lowest BCUT2D eigenvalue weighted by Gasteiger charge is -2.19. The normalized spacial score (nSPS) is 12.1. The van der Waals surface area contributed by atoms with Gasteiger partial charge in [-0.25, -0.2) is 33.1 Å². The van der Waals surface area contributed by atoms with Crippen molar-refractivity contribution in [2.24, 2.45) is 0 Å². The van der Waals surface area contributed by atoms with Gasteiger partial charge in [0.05, 0.1) is 23.5 Å². The molecule has 0 saturated heterocycles. The molecule has 6 nitrogen and oxygen atoms in total. The van der Waals surface area contributed by atoms with Crippen molar-refractivity contribution in [2.45, 2.75) is 32.9 Å². The van der Waals surface area contributed by atoms with Crippen LogP contribution in [0.25, 0.3) is 0 Å². The van der Waals surface area contributed by atoms with Crippen LogP contribution in [-0.2, 0) is 6.54 Å². The van der Waals surface area contributed by atoms with Crippen LogP contribution in [0.2, 0.25) is 0 Å². The van der Waals surface area contributed by atoms with E-state index in [4.69, 9.17) is 0 Å². The van der Waals surface area contributed by atoms with Gasteiger partial charge in [-0.15, -0.1) is 0 Å². The van der Waals surface area contributed by atoms with Crippen LogP contribution in [0.15, 0.2) is 43.1 Å². The maximum Gasteiger partial charge on any atom is 0.266 e. The van der Waals surface area contributed by atoms with Crippen LogP contribution >= 0.6 is 0 Å². The van der Waals surface area contributed by atoms with Gasteiger partial charge >= 0.3 is 0 Å². The van der Waals surface area contributed by atoms with E-state index in [0.29, 0.717) is 23.9 Å². The number of hydrogen-bond acceptors (Lipinski definition) is 6. The van der Waals surface area contributed by atoms with E-state index in [-0.39, 0.29) is 5.56 Å². The predicted molar refractivity (Wildman–Crippen MR) is 99.5 cm³/mol. The molecule has 1 aromatic carbocycles. The molecule has 2 aromatic heterocycles. The van der Waals surface area contributed by atoms with Gasteiger partial charge in [0.25, 0.3) is 6.43 Å². The topological polar surface area (TPSA) is 75.6 Å². The van der Waals surface area contributed by atoms with E-state index < -0.39 is 23.8 Å². The smallest absolute Gasteiger partial charge is 0.266 e. The summed E-state index contributed by atoms with van der Waals surface area (Å²) >= 11 is 0. The van der Waals surface area contributed by atoms with Crippen LogP contribution < -0.4 is 10.6 Å². The minimum absolute atomic E-state index is 0.136. The van der Waals surface area contributed by atoms with Crippen molar-refractivity contribution in [1.29, 1.82) is 0 Å². The highest BCUT2D eigenvalue weighted by molar-refractivity contribution is 5.64. The fourth-order valence-corrected chi connectivity index (χ4v) is 2.68. The molecular weight excluding hydrogens is 369 g/mol. The Morgan fingerprint density at radius 3 is 2.50 bits per heavy atom. The molecule has 3 aromatic rings. The highest BCUT2D eigenvalue weighted by atomic mass is 19.3. The van der Waals surface area contributed by atoms with Gasteiger partial charge in [-0.1, -0.05) is 18.2 Å². The van der Waals surface area contributed by atoms with Gasteiger partial charge < -0.3 is 10.6 Å². The summed E-state index contributed by atoms with van der Waals surface area (Å²) in [7, 11) is 0. The standard InChI is InChI=1S/C19H19F3N6/c1-11(14-4-3-5-15(17(14)20)18(21)22)27-19-16(9-25-12(2)28-19)26-8-13-6-23-10-24-7-13/h3-7,9-11,18,26H,8H2,1-2H3,(H,25,27,28)/t11-/m1/s1. The van der Waals surface area contributed by atoms with Crippen molar-refractivity contribution in [1.82, 2.24) is 19.9 Å². The highest BCUT2D eigenvalue weighted by Gasteiger charge is 2.20. The molecule has 0 amide bonds. The van der Waals surface area contributed by atoms with Crippen molar-refractivity contribution >= 4 is 11.5 Å². The number of nitrogens with zero attached hydrogens (tertiary/aromatic N) is 4. The summed E-state index contributed by atoms with van der Waals surface area (Å²) in [5.41, 5.74) is 0.966. The molecule has 0 radical (unpaired) electrons. The first-order valence-electron chi connectivity index (χ1n) is 8.60. The molecule has 3 rings (SSSR count). The SMILES string of the molecule is Cc1ncc(NCc2cncnc2)c(N[C@H](C)c2cccc(C(F)F)c2F)n1. The maximum atomic E-state index is 14.4. The van der Waals surface area contributed by atoms with E-state index in [1.54, 1.807) is 32.4 Å². The van der Waals surface area contributed by atoms with Gasteiger partial charge in [-0.2, -0.15) is 0 Å². The Labute approximate surface area is 160 Å². The van der Waals surface area contributed by atoms with Crippen molar-refractivity contribution in [3.05, 3.63) is 71.4 Å². The predicted octanol–water partition coefficient (Wildman–Crippen LogP) is 4.44. The second-order valence-corrected chi connectivity index (χ2v) is 6.20. The molecule has 0 bridgehead atoms. The third-order valence-corrected chi connectivity index (χ3v) is 4.12. The van der Waals surface area contributed by atoms with Gasteiger partial charge in [0.1, 0.15) is 18.0 Å². The van der Waals surface area contributed by atoms with E-state index in [1.807, 2.05) is 0 Å². The average Bonchev–Trinajstić information content (AvgIpc) is 2.68. The van der Waals surface area contributed by atoms with E-state index in [0.717, 1.165) is 11.6 Å². The Morgan fingerprint density at radius 1 is 1.07 bits per heavy atom. The van der Waals surface area contributed by atoms with Gasteiger partial charge in [-0.3, -0.25) is 0 Å². The molecule has 9 heteroatoms. The van der Waals surface area contributed by atoms with Crippen LogP contribution in [0.1, 0.15) is 41.9 Å². The lowest BCUT2D eigenvalue weighted by atomic mass is 10.0. The molecule has 0 aliphatic heterocycles. The largest absolute Gasteiger partial charge is 0.377 e. The molecule has 2 heterocycles. The summed E-state index contributed by atoms with van der Waals surface area (Å²) in [5.74, 6) is 0.0445. The molecule has 0 aliphatic carbocycles. The van der Waals surface area contributed by atoms with E-state index in [9.17, 15) is 13.2 Å². The Kier molecular flexibility index (Phi) is 6.03. The lowest BCUT2D eigenvalue weighted by Crippen LogP contribution is -2.14. The minimum Gasteiger partial charge on any atom is -0.377 e. The average molecular weight is 388 g/mol. The monoisotopic (exact) mass is 388 g/mol. The summed E-state index contributed by atoms with van der Waals surface area (Å²) < 4.78 is 40.4. The number of alkyl halides is 2. The van der Waals surface area contributed by atoms with Crippen LogP contribution in [0.4, 0.5) is 24.7 Å². The summed E-state index contributed by atoms with van der Waals surface area (Å²) in [4.78, 5) is 16.4. The van der Waals surface area contributed by atoms with E-state index in [2.05, 4.69) is 30.6 Å². The van der Waals surface area contributed by atoms with E-state index in [1.165, 1.54) is 18.5 Å². The fraction of sp³-hybridized carbons (Fsp3) is 0.263. The molecule has 0 fully saturated rings. The third-order valence-electron chi connectivity index (χ3n) is 4.12. The number of aryl methyl sites for hydroxylation is 1. The van der Waals surface area contributed by atoms with Crippen molar-refractivity contribution < 1.29 is 13.2 Å². The van der Waals surface area contributed by atoms with Gasteiger partial charge in [0.2, 0.25) is 0 Å². The lowest BCUT2D eigenvalue weighted by molar-refractivity contribution is 0.146. The van der Waals surface area contributed by atoms with Crippen LogP contribution in [0.3, 0.4) is 0 Å². The van der Waals surface area contributed by atoms with Crippen LogP contribution in [-0.4, -0.2) is 19.9 Å². The number of hydrogen-bond donors (Lipinski definition) is 2. The summed E-state index contributed by atoms with van der Waals surface area (Å²) in [6.07, 6.45) is 3.52. The Hall–Kier alpha value is -3.23. The number of nitrogens with one attached hydrogen (secondary N) is 2. The van der Waals surface area contributed by atoms with Gasteiger partial charge in [0, 0.05) is 30.1 Å². The first-order chi connectivity index (χ1) is 13.5. The van der Waals surface area contributed by atoms with Crippen molar-refractivity contribution in [3.8, 4) is 0 Å². The Balaban J connectivity index is 1.81. The van der Waals surface area contributed by atoms with Gasteiger partial charge in [-0.05, 0) is 13.8 Å². The first-order valence-corrected chi connectivity index (χ1v) is 8.60. The second kappa shape index (κ2) is 8.64. The minimum atomic E-state index is -2.88. The number of benzene rings is 1. The maximum absolute atomic E-state index is 14.4. The molecule has 0 spiro atoms. The molecule has 1 atom stereocenters. The van der Waals surface area contributed by atoms with Crippen molar-refractivity contribution in [3.63, 3.8) is 0 Å². The molecular formula is C19H19F3N6. The number of aromatic nitrogens is 4. The number of rotatable bonds is 7. The number of anilines is 2. The van der Waals surface area contributed by atoms with E-state index >= 15 is 0 Å². The molecule has 0 aliphatic rings.